The number of unbranched alkanes of at least 4 members (excludes halogenated alkanes) is 2. The second-order valence-corrected chi connectivity index (χ2v) is 9.63. The van der Waals surface area contributed by atoms with E-state index in [1.807, 2.05) is 23.1 Å². The molecule has 1 aromatic heterocycles. The number of imidazole rings is 1. The second-order valence-electron chi connectivity index (χ2n) is 9.63. The maximum Gasteiger partial charge on any atom is 0.337 e. The molecular weight excluding hydrogens is 480 g/mol. The lowest BCUT2D eigenvalue weighted by atomic mass is 9.97. The van der Waals surface area contributed by atoms with Gasteiger partial charge in [0.2, 0.25) is 0 Å². The lowest BCUT2D eigenvalue weighted by Gasteiger charge is -2.29. The number of rotatable bonds is 10. The van der Waals surface area contributed by atoms with Crippen LogP contribution in [0.3, 0.4) is 0 Å². The fourth-order valence-electron chi connectivity index (χ4n) is 4.76. The quantitative estimate of drug-likeness (QED) is 0.378. The van der Waals surface area contributed by atoms with Gasteiger partial charge in [-0.25, -0.2) is 9.78 Å². The Labute approximate surface area is 224 Å². The Morgan fingerprint density at radius 3 is 2.42 bits per heavy atom. The number of aromatic amines is 1. The number of ether oxygens (including phenoxy) is 1. The summed E-state index contributed by atoms with van der Waals surface area (Å²) < 4.78 is 4.90. The van der Waals surface area contributed by atoms with Crippen LogP contribution in [0, 0.1) is 0 Å². The van der Waals surface area contributed by atoms with E-state index in [1.165, 1.54) is 12.7 Å². The molecular formula is C30H36N4O4. The van der Waals surface area contributed by atoms with Gasteiger partial charge < -0.3 is 19.5 Å². The molecule has 1 N–H and O–H groups in total. The highest BCUT2D eigenvalue weighted by atomic mass is 16.5. The second kappa shape index (κ2) is 12.5. The van der Waals surface area contributed by atoms with E-state index in [4.69, 9.17) is 4.74 Å². The number of nitrogens with one attached hydrogen (secondary N) is 1. The average molecular weight is 517 g/mol. The number of aromatic nitrogens is 2. The molecule has 3 aromatic rings. The van der Waals surface area contributed by atoms with Crippen LogP contribution in [0.1, 0.15) is 81.9 Å². The first-order valence-corrected chi connectivity index (χ1v) is 13.4. The smallest absolute Gasteiger partial charge is 0.337 e. The third-order valence-electron chi connectivity index (χ3n) is 6.99. The van der Waals surface area contributed by atoms with E-state index in [0.717, 1.165) is 37.7 Å². The predicted octanol–water partition coefficient (Wildman–Crippen LogP) is 5.10. The van der Waals surface area contributed by atoms with Crippen molar-refractivity contribution < 1.29 is 19.1 Å². The Bertz CT molecular complexity index is 1290. The zero-order valence-electron chi connectivity index (χ0n) is 22.5. The summed E-state index contributed by atoms with van der Waals surface area (Å²) in [4.78, 5) is 50.7. The number of methoxy groups -OCH3 is 1. The number of esters is 1. The first kappa shape index (κ1) is 27.1. The Morgan fingerprint density at radius 1 is 1.03 bits per heavy atom. The molecule has 0 bridgehead atoms. The maximum atomic E-state index is 13.8. The van der Waals surface area contributed by atoms with Crippen molar-refractivity contribution in [2.24, 2.45) is 0 Å². The van der Waals surface area contributed by atoms with Gasteiger partial charge in [-0.1, -0.05) is 51.0 Å². The molecule has 0 spiro atoms. The summed E-state index contributed by atoms with van der Waals surface area (Å²) in [7, 11) is 1.31. The zero-order valence-corrected chi connectivity index (χ0v) is 22.5. The molecule has 200 valence electrons. The predicted molar refractivity (Wildman–Crippen MR) is 146 cm³/mol. The van der Waals surface area contributed by atoms with Crippen molar-refractivity contribution in [1.82, 2.24) is 19.8 Å². The Balaban J connectivity index is 1.66. The molecule has 0 saturated heterocycles. The minimum Gasteiger partial charge on any atom is -0.465 e. The molecule has 8 nitrogen and oxygen atoms in total. The number of carbonyl (C=O) groups is 3. The molecule has 0 atom stereocenters. The summed E-state index contributed by atoms with van der Waals surface area (Å²) in [5.74, 6) is -0.429. The lowest BCUT2D eigenvalue weighted by Crippen LogP contribution is -2.36. The molecule has 2 amide bonds. The number of benzene rings is 2. The van der Waals surface area contributed by atoms with Crippen molar-refractivity contribution in [3.05, 3.63) is 76.6 Å². The van der Waals surface area contributed by atoms with E-state index in [-0.39, 0.29) is 17.4 Å². The van der Waals surface area contributed by atoms with Crippen LogP contribution in [-0.4, -0.2) is 64.3 Å². The van der Waals surface area contributed by atoms with Gasteiger partial charge in [-0.2, -0.15) is 0 Å². The standard InChI is InChI=1S/C30H36N4O4/c1-4-6-15-33(16-7-5-2)29(36)26-19-31-27(32-26)24-13-12-22(30(37)38-3)18-25(24)28(35)34-17-14-21-10-8-9-11-23(21)20-34/h8-13,18-19H,4-7,14-17,20H2,1-3H3,(H,31,32). The highest BCUT2D eigenvalue weighted by molar-refractivity contribution is 6.03. The molecule has 2 heterocycles. The normalized spacial score (nSPS) is 12.7. The number of fused-ring (bicyclic) bond motifs is 1. The highest BCUT2D eigenvalue weighted by Gasteiger charge is 2.27. The highest BCUT2D eigenvalue weighted by Crippen LogP contribution is 2.27. The van der Waals surface area contributed by atoms with Gasteiger partial charge in [0.1, 0.15) is 11.5 Å². The molecule has 0 unspecified atom stereocenters. The third kappa shape index (κ3) is 5.96. The summed E-state index contributed by atoms with van der Waals surface area (Å²) in [6, 6.07) is 13.0. The molecule has 38 heavy (non-hydrogen) atoms. The first-order chi connectivity index (χ1) is 18.5. The third-order valence-corrected chi connectivity index (χ3v) is 6.99. The van der Waals surface area contributed by atoms with Gasteiger partial charge >= 0.3 is 5.97 Å². The monoisotopic (exact) mass is 516 g/mol. The van der Waals surface area contributed by atoms with Crippen LogP contribution in [0.4, 0.5) is 0 Å². The number of hydrogen-bond donors (Lipinski definition) is 1. The number of nitrogens with zero attached hydrogens (tertiary/aromatic N) is 3. The van der Waals surface area contributed by atoms with E-state index in [0.29, 0.717) is 48.8 Å². The van der Waals surface area contributed by atoms with Crippen molar-refractivity contribution in [2.45, 2.75) is 52.5 Å². The van der Waals surface area contributed by atoms with Gasteiger partial charge in [-0.05, 0) is 48.6 Å². The molecule has 0 saturated carbocycles. The number of hydrogen-bond acceptors (Lipinski definition) is 5. The number of H-pyrrole nitrogens is 1. The van der Waals surface area contributed by atoms with Gasteiger partial charge in [0.05, 0.1) is 18.2 Å². The van der Waals surface area contributed by atoms with Gasteiger partial charge in [-0.15, -0.1) is 0 Å². The van der Waals surface area contributed by atoms with Gasteiger partial charge in [0.25, 0.3) is 11.8 Å². The Kier molecular flexibility index (Phi) is 8.94. The minimum absolute atomic E-state index is 0.124. The van der Waals surface area contributed by atoms with E-state index < -0.39 is 5.97 Å². The van der Waals surface area contributed by atoms with Crippen LogP contribution in [-0.2, 0) is 17.7 Å². The summed E-state index contributed by atoms with van der Waals surface area (Å²) in [6.07, 6.45) is 6.22. The van der Waals surface area contributed by atoms with E-state index in [1.54, 1.807) is 29.3 Å². The first-order valence-electron chi connectivity index (χ1n) is 13.4. The molecule has 1 aliphatic rings. The molecule has 0 aliphatic carbocycles. The largest absolute Gasteiger partial charge is 0.465 e. The lowest BCUT2D eigenvalue weighted by molar-refractivity contribution is 0.0600. The van der Waals surface area contributed by atoms with Crippen molar-refractivity contribution in [1.29, 1.82) is 0 Å². The fourth-order valence-corrected chi connectivity index (χ4v) is 4.76. The van der Waals surface area contributed by atoms with Crippen LogP contribution in [0.5, 0.6) is 0 Å². The van der Waals surface area contributed by atoms with Crippen LogP contribution >= 0.6 is 0 Å². The van der Waals surface area contributed by atoms with Gasteiger partial charge in [-0.3, -0.25) is 9.59 Å². The number of amides is 2. The molecule has 4 rings (SSSR count). The van der Waals surface area contributed by atoms with Crippen LogP contribution < -0.4 is 0 Å². The molecule has 0 radical (unpaired) electrons. The Morgan fingerprint density at radius 2 is 1.74 bits per heavy atom. The fraction of sp³-hybridized carbons (Fsp3) is 0.400. The van der Waals surface area contributed by atoms with E-state index >= 15 is 0 Å². The van der Waals surface area contributed by atoms with Crippen LogP contribution in [0.2, 0.25) is 0 Å². The summed E-state index contributed by atoms with van der Waals surface area (Å²) in [5.41, 5.74) is 3.83. The zero-order chi connectivity index (χ0) is 27.1. The average Bonchev–Trinajstić information content (AvgIpc) is 3.45. The summed E-state index contributed by atoms with van der Waals surface area (Å²) >= 11 is 0. The SMILES string of the molecule is CCCCN(CCCC)C(=O)c1c[nH]c(-c2ccc(C(=O)OC)cc2C(=O)N2CCc3ccccc3C2)n1. The molecule has 1 aliphatic heterocycles. The van der Waals surface area contributed by atoms with Gasteiger partial charge in [0.15, 0.2) is 0 Å². The summed E-state index contributed by atoms with van der Waals surface area (Å²) in [5, 5.41) is 0. The number of carbonyl (C=O) groups excluding carboxylic acids is 3. The Hall–Kier alpha value is -3.94. The maximum absolute atomic E-state index is 13.8. The van der Waals surface area contributed by atoms with E-state index in [2.05, 4.69) is 29.9 Å². The summed E-state index contributed by atoms with van der Waals surface area (Å²) in [6.45, 7) is 6.64. The minimum atomic E-state index is -0.521. The van der Waals surface area contributed by atoms with E-state index in [9.17, 15) is 14.4 Å². The van der Waals surface area contributed by atoms with Crippen LogP contribution in [0.25, 0.3) is 11.4 Å². The molecule has 2 aromatic carbocycles. The topological polar surface area (TPSA) is 95.6 Å². The van der Waals surface area contributed by atoms with Gasteiger partial charge in [0, 0.05) is 37.9 Å². The molecule has 0 fully saturated rings. The van der Waals surface area contributed by atoms with Crippen LogP contribution in [0.15, 0.2) is 48.7 Å². The van der Waals surface area contributed by atoms with Crippen molar-refractivity contribution in [3.8, 4) is 11.4 Å². The molecule has 8 heteroatoms. The van der Waals surface area contributed by atoms with Crippen molar-refractivity contribution in [2.75, 3.05) is 26.7 Å². The van der Waals surface area contributed by atoms with Crippen molar-refractivity contribution in [3.63, 3.8) is 0 Å². The van der Waals surface area contributed by atoms with Crippen molar-refractivity contribution >= 4 is 17.8 Å².